The van der Waals surface area contributed by atoms with Gasteiger partial charge in [0.25, 0.3) is 0 Å². The highest BCUT2D eigenvalue weighted by Gasteiger charge is 2.46. The molecule has 0 aliphatic heterocycles. The van der Waals surface area contributed by atoms with Gasteiger partial charge in [-0.3, -0.25) is 0 Å². The van der Waals surface area contributed by atoms with Crippen LogP contribution >= 0.6 is 31.9 Å². The van der Waals surface area contributed by atoms with Gasteiger partial charge in [0.05, 0.1) is 5.41 Å². The lowest BCUT2D eigenvalue weighted by Gasteiger charge is -2.35. The Balaban J connectivity index is 1.41. The van der Waals surface area contributed by atoms with Gasteiger partial charge in [-0.25, -0.2) is 0 Å². The Morgan fingerprint density at radius 1 is 0.469 bits per heavy atom. The highest BCUT2D eigenvalue weighted by molar-refractivity contribution is 9.10. The highest BCUT2D eigenvalue weighted by Crippen LogP contribution is 2.57. The van der Waals surface area contributed by atoms with E-state index in [0.717, 1.165) is 36.8 Å². The SMILES string of the molecule is Cc1ccc(C2(c3ccc(C)cc3)c3ccccc3-c3ccc(-c4ccccc4C(O)(c4ccc(Br)cc4)c4ccc(Br)cc4)cc32)cc1. The second-order valence-corrected chi connectivity index (χ2v) is 14.9. The molecule has 0 atom stereocenters. The van der Waals surface area contributed by atoms with Gasteiger partial charge in [0.2, 0.25) is 0 Å². The maximum absolute atomic E-state index is 13.1. The molecule has 0 amide bonds. The van der Waals surface area contributed by atoms with E-state index in [-0.39, 0.29) is 0 Å². The molecule has 3 heteroatoms. The molecule has 0 bridgehead atoms. The normalized spacial score (nSPS) is 13.2. The van der Waals surface area contributed by atoms with E-state index in [1.807, 2.05) is 54.6 Å². The van der Waals surface area contributed by atoms with Crippen molar-refractivity contribution in [3.8, 4) is 22.3 Å². The maximum Gasteiger partial charge on any atom is 0.141 e. The molecule has 1 aliphatic rings. The second-order valence-electron chi connectivity index (χ2n) is 13.1. The Bertz CT molecular complexity index is 2210. The monoisotopic (exact) mass is 760 g/mol. The van der Waals surface area contributed by atoms with Crippen molar-refractivity contribution in [3.05, 3.63) is 223 Å². The molecule has 0 spiro atoms. The largest absolute Gasteiger partial charge is 0.376 e. The summed E-state index contributed by atoms with van der Waals surface area (Å²) in [5, 5.41) is 13.1. The number of rotatable bonds is 6. The van der Waals surface area contributed by atoms with E-state index in [1.165, 1.54) is 44.5 Å². The Morgan fingerprint density at radius 2 is 0.939 bits per heavy atom. The van der Waals surface area contributed by atoms with Gasteiger partial charge in [-0.2, -0.15) is 0 Å². The first kappa shape index (κ1) is 31.7. The molecule has 7 aromatic carbocycles. The molecule has 8 rings (SSSR count). The highest BCUT2D eigenvalue weighted by atomic mass is 79.9. The second kappa shape index (κ2) is 12.4. The lowest BCUT2D eigenvalue weighted by molar-refractivity contribution is 0.126. The quantitative estimate of drug-likeness (QED) is 0.167. The third-order valence-corrected chi connectivity index (χ3v) is 11.2. The van der Waals surface area contributed by atoms with Crippen LogP contribution in [-0.2, 0) is 11.0 Å². The number of halogens is 2. The first-order chi connectivity index (χ1) is 23.8. The number of fused-ring (bicyclic) bond motifs is 3. The minimum atomic E-state index is -1.41. The summed E-state index contributed by atoms with van der Waals surface area (Å²) in [6.45, 7) is 4.29. The Morgan fingerprint density at radius 3 is 1.49 bits per heavy atom. The minimum absolute atomic E-state index is 0.522. The van der Waals surface area contributed by atoms with Crippen LogP contribution in [0.3, 0.4) is 0 Å². The summed E-state index contributed by atoms with van der Waals surface area (Å²) >= 11 is 7.19. The average Bonchev–Trinajstić information content (AvgIpc) is 3.43. The fourth-order valence-corrected chi connectivity index (χ4v) is 8.28. The molecular formula is C46H34Br2O. The topological polar surface area (TPSA) is 20.2 Å². The van der Waals surface area contributed by atoms with Crippen molar-refractivity contribution >= 4 is 31.9 Å². The van der Waals surface area contributed by atoms with Gasteiger partial charge >= 0.3 is 0 Å². The van der Waals surface area contributed by atoms with E-state index in [0.29, 0.717) is 0 Å². The minimum Gasteiger partial charge on any atom is -0.376 e. The van der Waals surface area contributed by atoms with Crippen LogP contribution in [0.4, 0.5) is 0 Å². The predicted octanol–water partition coefficient (Wildman–Crippen LogP) is 12.1. The van der Waals surface area contributed by atoms with Gasteiger partial charge in [0, 0.05) is 14.5 Å². The summed E-state index contributed by atoms with van der Waals surface area (Å²) < 4.78 is 1.92. The average molecular weight is 763 g/mol. The molecule has 1 aliphatic carbocycles. The smallest absolute Gasteiger partial charge is 0.141 e. The number of hydrogen-bond donors (Lipinski definition) is 1. The standard InChI is InChI=1S/C46H34Br2O/c1-30-11-16-33(17-12-30)45(34-18-13-31(2)14-19-34)42-9-5-4-8-40(42)41-28-15-32(29-44(41)45)39-7-3-6-10-43(39)46(49,35-20-24-37(47)25-21-35)36-22-26-38(48)27-23-36/h3-29,49H,1-2H3. The molecule has 0 unspecified atom stereocenters. The summed E-state index contributed by atoms with van der Waals surface area (Å²) in [7, 11) is 0. The van der Waals surface area contributed by atoms with E-state index in [4.69, 9.17) is 0 Å². The molecule has 49 heavy (non-hydrogen) atoms. The zero-order chi connectivity index (χ0) is 33.8. The third-order valence-electron chi connectivity index (χ3n) is 10.2. The van der Waals surface area contributed by atoms with Gasteiger partial charge in [0.1, 0.15) is 5.60 Å². The fraction of sp³-hybridized carbons (Fsp3) is 0.0870. The van der Waals surface area contributed by atoms with Crippen molar-refractivity contribution in [2.75, 3.05) is 0 Å². The van der Waals surface area contributed by atoms with E-state index in [1.54, 1.807) is 0 Å². The van der Waals surface area contributed by atoms with Crippen molar-refractivity contribution in [2.45, 2.75) is 24.9 Å². The number of benzene rings is 7. The van der Waals surface area contributed by atoms with Gasteiger partial charge in [0.15, 0.2) is 0 Å². The van der Waals surface area contributed by atoms with Gasteiger partial charge < -0.3 is 5.11 Å². The number of aliphatic hydroxyl groups is 1. The Labute approximate surface area is 305 Å². The van der Waals surface area contributed by atoms with Crippen molar-refractivity contribution in [3.63, 3.8) is 0 Å². The molecule has 1 nitrogen and oxygen atoms in total. The molecule has 0 saturated carbocycles. The molecular weight excluding hydrogens is 728 g/mol. The zero-order valence-electron chi connectivity index (χ0n) is 27.3. The van der Waals surface area contributed by atoms with E-state index < -0.39 is 11.0 Å². The fourth-order valence-electron chi connectivity index (χ4n) is 7.75. The molecule has 0 aromatic heterocycles. The van der Waals surface area contributed by atoms with Crippen LogP contribution in [0.25, 0.3) is 22.3 Å². The predicted molar refractivity (Wildman–Crippen MR) is 209 cm³/mol. The van der Waals surface area contributed by atoms with Crippen LogP contribution in [0.2, 0.25) is 0 Å². The van der Waals surface area contributed by atoms with Gasteiger partial charge in [-0.15, -0.1) is 0 Å². The van der Waals surface area contributed by atoms with Crippen LogP contribution in [0, 0.1) is 13.8 Å². The van der Waals surface area contributed by atoms with E-state index in [9.17, 15) is 5.11 Å². The number of aryl methyl sites for hydroxylation is 2. The van der Waals surface area contributed by atoms with Crippen molar-refractivity contribution < 1.29 is 5.11 Å². The molecule has 0 radical (unpaired) electrons. The van der Waals surface area contributed by atoms with Crippen molar-refractivity contribution in [2.24, 2.45) is 0 Å². The third kappa shape index (κ3) is 5.15. The molecule has 0 fully saturated rings. The molecule has 7 aromatic rings. The van der Waals surface area contributed by atoms with Crippen LogP contribution in [0.15, 0.2) is 173 Å². The van der Waals surface area contributed by atoms with Crippen LogP contribution in [-0.4, -0.2) is 5.11 Å². The van der Waals surface area contributed by atoms with Crippen molar-refractivity contribution in [1.29, 1.82) is 0 Å². The zero-order valence-corrected chi connectivity index (χ0v) is 30.5. The maximum atomic E-state index is 13.1. The van der Waals surface area contributed by atoms with Gasteiger partial charge in [-0.1, -0.05) is 176 Å². The molecule has 238 valence electrons. The van der Waals surface area contributed by atoms with Crippen molar-refractivity contribution in [1.82, 2.24) is 0 Å². The Kier molecular flexibility index (Phi) is 8.03. The molecule has 0 saturated heterocycles. The van der Waals surface area contributed by atoms with Crippen LogP contribution < -0.4 is 0 Å². The summed E-state index contributed by atoms with van der Waals surface area (Å²) in [4.78, 5) is 0. The lowest BCUT2D eigenvalue weighted by Crippen LogP contribution is -2.30. The Hall–Kier alpha value is -4.54. The summed E-state index contributed by atoms with van der Waals surface area (Å²) in [5.74, 6) is 0. The number of hydrogen-bond acceptors (Lipinski definition) is 1. The van der Waals surface area contributed by atoms with E-state index >= 15 is 0 Å². The lowest BCUT2D eigenvalue weighted by atomic mass is 9.67. The first-order valence-corrected chi connectivity index (χ1v) is 18.1. The summed E-state index contributed by atoms with van der Waals surface area (Å²) in [5.41, 5.74) is 12.5. The summed E-state index contributed by atoms with van der Waals surface area (Å²) in [6.07, 6.45) is 0. The molecule has 0 heterocycles. The van der Waals surface area contributed by atoms with Gasteiger partial charge in [-0.05, 0) is 99.8 Å². The van der Waals surface area contributed by atoms with Crippen LogP contribution in [0.1, 0.15) is 50.1 Å². The first-order valence-electron chi connectivity index (χ1n) is 16.5. The van der Waals surface area contributed by atoms with E-state index in [2.05, 4.69) is 155 Å². The summed E-state index contributed by atoms with van der Waals surface area (Å²) in [6, 6.07) is 58.1. The molecule has 1 N–H and O–H groups in total. The van der Waals surface area contributed by atoms with Crippen LogP contribution in [0.5, 0.6) is 0 Å².